The molecule has 0 fully saturated rings. The molecule has 0 heterocycles. The van der Waals surface area contributed by atoms with Crippen molar-refractivity contribution in [1.82, 2.24) is 10.2 Å². The van der Waals surface area contributed by atoms with E-state index in [-0.39, 0.29) is 29.6 Å². The summed E-state index contributed by atoms with van der Waals surface area (Å²) < 4.78 is 69.0. The third-order valence-corrected chi connectivity index (χ3v) is 8.91. The standard InChI is InChI=1S/C30H33ClF3N3O4S/c1-4-21(3)35-29(39)27(5-2)36(19-22-12-9-10-17-26(22)31)28(38)20-37(42(40,41)25-15-7-6-8-16-25)24-14-11-13-23(18-24)30(32,33)34/h6-18,21,27H,4-5,19-20H2,1-3H3,(H,35,39)/t21-,27-/m0/s1. The summed E-state index contributed by atoms with van der Waals surface area (Å²) in [6.07, 6.45) is -3.92. The summed E-state index contributed by atoms with van der Waals surface area (Å²) in [7, 11) is -4.51. The van der Waals surface area contributed by atoms with Gasteiger partial charge in [0, 0.05) is 17.6 Å². The van der Waals surface area contributed by atoms with Gasteiger partial charge in [-0.3, -0.25) is 13.9 Å². The van der Waals surface area contributed by atoms with E-state index in [9.17, 15) is 31.2 Å². The number of anilines is 1. The van der Waals surface area contributed by atoms with Crippen molar-refractivity contribution in [3.05, 3.63) is 95.0 Å². The Morgan fingerprint density at radius 1 is 0.929 bits per heavy atom. The van der Waals surface area contributed by atoms with Crippen LogP contribution in [0.3, 0.4) is 0 Å². The number of alkyl halides is 3. The fraction of sp³-hybridized carbons (Fsp3) is 0.333. The summed E-state index contributed by atoms with van der Waals surface area (Å²) in [5, 5.41) is 3.19. The minimum absolute atomic E-state index is 0.132. The van der Waals surface area contributed by atoms with Gasteiger partial charge in [0.2, 0.25) is 11.8 Å². The van der Waals surface area contributed by atoms with Crippen LogP contribution in [-0.2, 0) is 32.3 Å². The Balaban J connectivity index is 2.12. The zero-order chi connectivity index (χ0) is 31.1. The van der Waals surface area contributed by atoms with E-state index in [1.54, 1.807) is 37.3 Å². The van der Waals surface area contributed by atoms with Crippen LogP contribution >= 0.6 is 11.6 Å². The van der Waals surface area contributed by atoms with E-state index in [2.05, 4.69) is 5.32 Å². The summed E-state index contributed by atoms with van der Waals surface area (Å²) in [6, 6.07) is 16.4. The number of carbonyl (C=O) groups excluding carboxylic acids is 2. The maximum atomic E-state index is 14.0. The first-order valence-corrected chi connectivity index (χ1v) is 15.2. The third kappa shape index (κ3) is 8.04. The molecule has 0 aliphatic heterocycles. The average molecular weight is 624 g/mol. The molecule has 0 saturated carbocycles. The molecule has 2 atom stereocenters. The first-order chi connectivity index (χ1) is 19.8. The maximum Gasteiger partial charge on any atom is 0.416 e. The normalized spacial score (nSPS) is 13.2. The van der Waals surface area contributed by atoms with E-state index in [4.69, 9.17) is 11.6 Å². The predicted molar refractivity (Wildman–Crippen MR) is 156 cm³/mol. The Hall–Kier alpha value is -3.57. The molecule has 3 aromatic carbocycles. The molecule has 226 valence electrons. The Bertz CT molecular complexity index is 1490. The number of nitrogens with one attached hydrogen (secondary N) is 1. The predicted octanol–water partition coefficient (Wildman–Crippen LogP) is 6.28. The van der Waals surface area contributed by atoms with Crippen LogP contribution < -0.4 is 9.62 Å². The fourth-order valence-corrected chi connectivity index (χ4v) is 5.88. The van der Waals surface area contributed by atoms with Crippen LogP contribution in [0.5, 0.6) is 0 Å². The van der Waals surface area contributed by atoms with E-state index >= 15 is 0 Å². The summed E-state index contributed by atoms with van der Waals surface area (Å²) in [4.78, 5) is 28.3. The highest BCUT2D eigenvalue weighted by Crippen LogP contribution is 2.33. The van der Waals surface area contributed by atoms with Crippen LogP contribution in [0.15, 0.2) is 83.8 Å². The van der Waals surface area contributed by atoms with Crippen molar-refractivity contribution in [2.24, 2.45) is 0 Å². The molecule has 12 heteroatoms. The molecule has 3 rings (SSSR count). The SMILES string of the molecule is CC[C@H](C)NC(=O)[C@H](CC)N(Cc1ccccc1Cl)C(=O)CN(c1cccc(C(F)(F)F)c1)S(=O)(=O)c1ccccc1. The minimum atomic E-state index is -4.75. The van der Waals surface area contributed by atoms with Gasteiger partial charge in [0.15, 0.2) is 0 Å². The number of hydrogen-bond donors (Lipinski definition) is 1. The monoisotopic (exact) mass is 623 g/mol. The molecule has 0 aromatic heterocycles. The van der Waals surface area contributed by atoms with Crippen molar-refractivity contribution in [3.63, 3.8) is 0 Å². The van der Waals surface area contributed by atoms with Gasteiger partial charge in [0.05, 0.1) is 16.1 Å². The lowest BCUT2D eigenvalue weighted by Crippen LogP contribution is -2.53. The van der Waals surface area contributed by atoms with Crippen LogP contribution in [0.1, 0.15) is 44.7 Å². The lowest BCUT2D eigenvalue weighted by molar-refractivity contribution is -0.140. The van der Waals surface area contributed by atoms with Crippen LogP contribution in [-0.4, -0.2) is 43.8 Å². The van der Waals surface area contributed by atoms with Crippen LogP contribution in [0, 0.1) is 0 Å². The average Bonchev–Trinajstić information content (AvgIpc) is 2.96. The molecule has 0 aliphatic carbocycles. The molecule has 1 N–H and O–H groups in total. The Labute approximate surface area is 249 Å². The van der Waals surface area contributed by atoms with Crippen LogP contribution in [0.2, 0.25) is 5.02 Å². The number of nitrogens with zero attached hydrogens (tertiary/aromatic N) is 2. The van der Waals surface area contributed by atoms with E-state index in [0.717, 1.165) is 12.1 Å². The molecule has 2 amide bonds. The summed E-state index contributed by atoms with van der Waals surface area (Å²) in [5.41, 5.74) is -0.913. The highest BCUT2D eigenvalue weighted by atomic mass is 35.5. The molecule has 0 saturated heterocycles. The van der Waals surface area contributed by atoms with Crippen molar-refractivity contribution in [2.45, 2.75) is 63.3 Å². The summed E-state index contributed by atoms with van der Waals surface area (Å²) in [5.74, 6) is -1.23. The van der Waals surface area contributed by atoms with Gasteiger partial charge in [-0.15, -0.1) is 0 Å². The van der Waals surface area contributed by atoms with Gasteiger partial charge in [-0.2, -0.15) is 13.2 Å². The maximum absolute atomic E-state index is 14.0. The number of carbonyl (C=O) groups is 2. The zero-order valence-electron chi connectivity index (χ0n) is 23.4. The van der Waals surface area contributed by atoms with Crippen LogP contribution in [0.4, 0.5) is 18.9 Å². The van der Waals surface area contributed by atoms with Gasteiger partial charge in [0.25, 0.3) is 10.0 Å². The van der Waals surface area contributed by atoms with Crippen molar-refractivity contribution >= 4 is 39.1 Å². The highest BCUT2D eigenvalue weighted by Gasteiger charge is 2.36. The molecule has 7 nitrogen and oxygen atoms in total. The van der Waals surface area contributed by atoms with E-state index in [1.165, 1.54) is 35.2 Å². The van der Waals surface area contributed by atoms with Gasteiger partial charge >= 0.3 is 6.18 Å². The molecule has 0 bridgehead atoms. The minimum Gasteiger partial charge on any atom is -0.352 e. The third-order valence-electron chi connectivity index (χ3n) is 6.76. The molecular formula is C30H33ClF3N3O4S. The number of sulfonamides is 1. The number of rotatable bonds is 12. The van der Waals surface area contributed by atoms with Gasteiger partial charge < -0.3 is 10.2 Å². The zero-order valence-corrected chi connectivity index (χ0v) is 25.0. The van der Waals surface area contributed by atoms with Crippen molar-refractivity contribution < 1.29 is 31.2 Å². The Morgan fingerprint density at radius 3 is 2.17 bits per heavy atom. The van der Waals surface area contributed by atoms with Gasteiger partial charge in [-0.25, -0.2) is 8.42 Å². The van der Waals surface area contributed by atoms with E-state index in [1.807, 2.05) is 13.8 Å². The molecule has 3 aromatic rings. The highest BCUT2D eigenvalue weighted by molar-refractivity contribution is 7.92. The van der Waals surface area contributed by atoms with Crippen molar-refractivity contribution in [1.29, 1.82) is 0 Å². The topological polar surface area (TPSA) is 86.8 Å². The lowest BCUT2D eigenvalue weighted by atomic mass is 10.1. The summed E-state index contributed by atoms with van der Waals surface area (Å²) in [6.45, 7) is 4.41. The molecular weight excluding hydrogens is 591 g/mol. The number of amides is 2. The van der Waals surface area contributed by atoms with Crippen LogP contribution in [0.25, 0.3) is 0 Å². The number of halogens is 4. The van der Waals surface area contributed by atoms with Crippen molar-refractivity contribution in [3.8, 4) is 0 Å². The first kappa shape index (κ1) is 32.9. The molecule has 0 radical (unpaired) electrons. The second-order valence-corrected chi connectivity index (χ2v) is 12.0. The fourth-order valence-electron chi connectivity index (χ4n) is 4.26. The largest absolute Gasteiger partial charge is 0.416 e. The second-order valence-electron chi connectivity index (χ2n) is 9.73. The first-order valence-electron chi connectivity index (χ1n) is 13.4. The number of hydrogen-bond acceptors (Lipinski definition) is 4. The number of benzene rings is 3. The van der Waals surface area contributed by atoms with Gasteiger partial charge in [-0.1, -0.05) is 67.9 Å². The molecule has 0 aliphatic rings. The summed E-state index contributed by atoms with van der Waals surface area (Å²) >= 11 is 6.37. The smallest absolute Gasteiger partial charge is 0.352 e. The molecule has 42 heavy (non-hydrogen) atoms. The molecule has 0 spiro atoms. The van der Waals surface area contributed by atoms with E-state index < -0.39 is 46.2 Å². The lowest BCUT2D eigenvalue weighted by Gasteiger charge is -2.34. The Morgan fingerprint density at radius 2 is 1.57 bits per heavy atom. The van der Waals surface area contributed by atoms with Gasteiger partial charge in [-0.05, 0) is 61.7 Å². The molecule has 0 unspecified atom stereocenters. The van der Waals surface area contributed by atoms with E-state index in [0.29, 0.717) is 27.4 Å². The second kappa shape index (κ2) is 14.1. The quantitative estimate of drug-likeness (QED) is 0.257. The van der Waals surface area contributed by atoms with Crippen molar-refractivity contribution in [2.75, 3.05) is 10.8 Å². The van der Waals surface area contributed by atoms with Gasteiger partial charge in [0.1, 0.15) is 12.6 Å². The Kier molecular flexibility index (Phi) is 11.0.